The van der Waals surface area contributed by atoms with Crippen molar-refractivity contribution in [1.29, 1.82) is 0 Å². The first-order chi connectivity index (χ1) is 9.45. The van der Waals surface area contributed by atoms with Crippen LogP contribution in [0.1, 0.15) is 17.3 Å². The van der Waals surface area contributed by atoms with Gasteiger partial charge in [-0.25, -0.2) is 8.42 Å². The average molecular weight is 425 g/mol. The smallest absolute Gasteiger partial charge is 0.254 e. The number of sulfone groups is 1. The summed E-state index contributed by atoms with van der Waals surface area (Å²) in [4.78, 5) is 14.0. The zero-order chi connectivity index (χ0) is 14.8. The number of nitrogens with zero attached hydrogens (tertiary/aromatic N) is 1. The van der Waals surface area contributed by atoms with Crippen molar-refractivity contribution in [3.8, 4) is 0 Å². The van der Waals surface area contributed by atoms with Crippen LogP contribution < -0.4 is 0 Å². The second kappa shape index (κ2) is 6.65. The fraction of sp³-hybridized carbons (Fsp3) is 0.462. The van der Waals surface area contributed by atoms with Crippen LogP contribution >= 0.6 is 34.4 Å². The van der Waals surface area contributed by atoms with Gasteiger partial charge in [0.2, 0.25) is 0 Å². The Kier molecular flexibility index (Phi) is 5.36. The summed E-state index contributed by atoms with van der Waals surface area (Å²) >= 11 is 3.76. The number of benzene rings is 1. The van der Waals surface area contributed by atoms with Crippen LogP contribution in [-0.2, 0) is 9.84 Å². The predicted molar refractivity (Wildman–Crippen MR) is 90.8 cm³/mol. The lowest BCUT2D eigenvalue weighted by molar-refractivity contribution is 0.0749. The van der Waals surface area contributed by atoms with Gasteiger partial charge in [0.1, 0.15) is 5.37 Å². The standard InChI is InChI=1S/C13H16INO3S2/c1-2-20(17,18)12-9-19-8-7-15(12)13(16)10-3-5-11(14)6-4-10/h3-6,12H,2,7-9H2,1H3. The van der Waals surface area contributed by atoms with Crippen LogP contribution in [0.25, 0.3) is 0 Å². The topological polar surface area (TPSA) is 54.5 Å². The van der Waals surface area contributed by atoms with Gasteiger partial charge in [-0.15, -0.1) is 0 Å². The molecule has 20 heavy (non-hydrogen) atoms. The second-order valence-corrected chi connectivity index (χ2v) is 9.33. The van der Waals surface area contributed by atoms with E-state index in [1.54, 1.807) is 30.8 Å². The number of halogens is 1. The highest BCUT2D eigenvalue weighted by Crippen LogP contribution is 2.23. The van der Waals surface area contributed by atoms with Crippen molar-refractivity contribution >= 4 is 50.1 Å². The zero-order valence-electron chi connectivity index (χ0n) is 11.1. The van der Waals surface area contributed by atoms with E-state index >= 15 is 0 Å². The molecule has 1 aromatic rings. The third-order valence-corrected chi connectivity index (χ3v) is 7.26. The molecule has 1 aromatic carbocycles. The van der Waals surface area contributed by atoms with Crippen LogP contribution in [0.3, 0.4) is 0 Å². The summed E-state index contributed by atoms with van der Waals surface area (Å²) in [7, 11) is -3.25. The molecule has 1 unspecified atom stereocenters. The molecule has 0 aliphatic carbocycles. The highest BCUT2D eigenvalue weighted by Gasteiger charge is 2.36. The van der Waals surface area contributed by atoms with Gasteiger partial charge < -0.3 is 4.90 Å². The van der Waals surface area contributed by atoms with E-state index in [2.05, 4.69) is 22.6 Å². The number of thioether (sulfide) groups is 1. The molecule has 1 saturated heterocycles. The number of carbonyl (C=O) groups excluding carboxylic acids is 1. The molecule has 7 heteroatoms. The molecule has 0 saturated carbocycles. The maximum absolute atomic E-state index is 12.5. The number of rotatable bonds is 3. The summed E-state index contributed by atoms with van der Waals surface area (Å²) in [5.41, 5.74) is 0.550. The lowest BCUT2D eigenvalue weighted by Gasteiger charge is -2.34. The van der Waals surface area contributed by atoms with E-state index in [1.165, 1.54) is 4.90 Å². The summed E-state index contributed by atoms with van der Waals surface area (Å²) in [6, 6.07) is 7.22. The Morgan fingerprint density at radius 1 is 1.40 bits per heavy atom. The minimum atomic E-state index is -3.25. The van der Waals surface area contributed by atoms with Crippen molar-refractivity contribution in [3.63, 3.8) is 0 Å². The zero-order valence-corrected chi connectivity index (χ0v) is 14.9. The number of carbonyl (C=O) groups is 1. The molecule has 1 amide bonds. The largest absolute Gasteiger partial charge is 0.320 e. The third kappa shape index (κ3) is 3.48. The van der Waals surface area contributed by atoms with Gasteiger partial charge in [-0.3, -0.25) is 4.79 Å². The molecule has 0 bridgehead atoms. The summed E-state index contributed by atoms with van der Waals surface area (Å²) < 4.78 is 25.3. The number of hydrogen-bond donors (Lipinski definition) is 0. The van der Waals surface area contributed by atoms with Crippen LogP contribution in [-0.4, -0.2) is 48.4 Å². The van der Waals surface area contributed by atoms with Crippen LogP contribution in [0.2, 0.25) is 0 Å². The van der Waals surface area contributed by atoms with E-state index in [1.807, 2.05) is 12.1 Å². The Labute approximate surface area is 137 Å². The average Bonchev–Trinajstić information content (AvgIpc) is 2.47. The molecule has 0 radical (unpaired) electrons. The van der Waals surface area contributed by atoms with Crippen molar-refractivity contribution in [2.45, 2.75) is 12.3 Å². The highest BCUT2D eigenvalue weighted by atomic mass is 127. The van der Waals surface area contributed by atoms with Gasteiger partial charge in [0.05, 0.1) is 0 Å². The molecule has 2 rings (SSSR count). The lowest BCUT2D eigenvalue weighted by atomic mass is 10.2. The fourth-order valence-corrected chi connectivity index (χ4v) is 5.39. The number of hydrogen-bond acceptors (Lipinski definition) is 4. The fourth-order valence-electron chi connectivity index (χ4n) is 2.06. The van der Waals surface area contributed by atoms with Crippen LogP contribution in [0.4, 0.5) is 0 Å². The van der Waals surface area contributed by atoms with E-state index < -0.39 is 15.2 Å². The van der Waals surface area contributed by atoms with E-state index in [4.69, 9.17) is 0 Å². The van der Waals surface area contributed by atoms with Gasteiger partial charge in [-0.05, 0) is 46.9 Å². The van der Waals surface area contributed by atoms with Gasteiger partial charge >= 0.3 is 0 Å². The van der Waals surface area contributed by atoms with Crippen molar-refractivity contribution in [3.05, 3.63) is 33.4 Å². The molecular weight excluding hydrogens is 409 g/mol. The first-order valence-corrected chi connectivity index (χ1v) is 10.3. The Morgan fingerprint density at radius 3 is 2.65 bits per heavy atom. The first kappa shape index (κ1) is 16.1. The van der Waals surface area contributed by atoms with Crippen molar-refractivity contribution in [2.24, 2.45) is 0 Å². The van der Waals surface area contributed by atoms with Crippen molar-refractivity contribution < 1.29 is 13.2 Å². The molecule has 110 valence electrons. The van der Waals surface area contributed by atoms with E-state index in [9.17, 15) is 13.2 Å². The Morgan fingerprint density at radius 2 is 2.05 bits per heavy atom. The summed E-state index contributed by atoms with van der Waals surface area (Å²) in [6.45, 7) is 2.11. The third-order valence-electron chi connectivity index (χ3n) is 3.25. The molecule has 0 N–H and O–H groups in total. The maximum atomic E-state index is 12.5. The second-order valence-electron chi connectivity index (χ2n) is 4.49. The Bertz CT molecular complexity index is 586. The molecule has 4 nitrogen and oxygen atoms in total. The molecule has 0 spiro atoms. The van der Waals surface area contributed by atoms with Crippen LogP contribution in [0.5, 0.6) is 0 Å². The van der Waals surface area contributed by atoms with Crippen molar-refractivity contribution in [1.82, 2.24) is 4.90 Å². The highest BCUT2D eigenvalue weighted by molar-refractivity contribution is 14.1. The van der Waals surface area contributed by atoms with E-state index in [-0.39, 0.29) is 11.7 Å². The van der Waals surface area contributed by atoms with Gasteiger partial charge in [0.15, 0.2) is 9.84 Å². The summed E-state index contributed by atoms with van der Waals surface area (Å²) in [5, 5.41) is -0.696. The Balaban J connectivity index is 2.28. The Hall–Kier alpha value is -0.280. The molecule has 1 aliphatic heterocycles. The number of amides is 1. The van der Waals surface area contributed by atoms with Gasteiger partial charge in [-0.1, -0.05) is 6.92 Å². The van der Waals surface area contributed by atoms with Gasteiger partial charge in [0, 0.05) is 32.9 Å². The SMILES string of the molecule is CCS(=O)(=O)C1CSCCN1C(=O)c1ccc(I)cc1. The lowest BCUT2D eigenvalue weighted by Crippen LogP contribution is -2.50. The molecule has 1 aliphatic rings. The van der Waals surface area contributed by atoms with Crippen LogP contribution in [0, 0.1) is 3.57 Å². The minimum absolute atomic E-state index is 0.0642. The van der Waals surface area contributed by atoms with Gasteiger partial charge in [-0.2, -0.15) is 11.8 Å². The minimum Gasteiger partial charge on any atom is -0.320 e. The predicted octanol–water partition coefficient (Wildman–Crippen LogP) is 2.24. The molecule has 1 heterocycles. The molecule has 1 fully saturated rings. The van der Waals surface area contributed by atoms with Crippen molar-refractivity contribution in [2.75, 3.05) is 23.8 Å². The molecule has 1 atom stereocenters. The molecule has 0 aromatic heterocycles. The van der Waals surface area contributed by atoms with Gasteiger partial charge in [0.25, 0.3) is 5.91 Å². The first-order valence-electron chi connectivity index (χ1n) is 6.31. The summed E-state index contributed by atoms with van der Waals surface area (Å²) in [5.74, 6) is 1.12. The summed E-state index contributed by atoms with van der Waals surface area (Å²) in [6.07, 6.45) is 0. The quantitative estimate of drug-likeness (QED) is 0.698. The normalized spacial score (nSPS) is 19.9. The maximum Gasteiger partial charge on any atom is 0.254 e. The van der Waals surface area contributed by atoms with Crippen LogP contribution in [0.15, 0.2) is 24.3 Å². The van der Waals surface area contributed by atoms with E-state index in [0.29, 0.717) is 17.9 Å². The molecular formula is C13H16INO3S2. The monoisotopic (exact) mass is 425 g/mol. The van der Waals surface area contributed by atoms with E-state index in [0.717, 1.165) is 9.32 Å².